The standard InChI is InChI=1S/C14H16N4O3/c1-3-18-12(6-8(2)17-18)13(19)16-11-7-9(15)4-5-10(11)14(20)21/h4-7H,3,15H2,1-2H3,(H,16,19)(H,20,21). The third kappa shape index (κ3) is 3.02. The molecule has 0 bridgehead atoms. The van der Waals surface area contributed by atoms with Crippen molar-refractivity contribution in [2.45, 2.75) is 20.4 Å². The fraction of sp³-hybridized carbons (Fsp3) is 0.214. The first-order valence-corrected chi connectivity index (χ1v) is 6.41. The van der Waals surface area contributed by atoms with Gasteiger partial charge in [0.2, 0.25) is 0 Å². The third-order valence-electron chi connectivity index (χ3n) is 2.96. The van der Waals surface area contributed by atoms with E-state index in [4.69, 9.17) is 10.8 Å². The van der Waals surface area contributed by atoms with Crippen LogP contribution in [-0.4, -0.2) is 26.8 Å². The maximum absolute atomic E-state index is 12.3. The summed E-state index contributed by atoms with van der Waals surface area (Å²) in [7, 11) is 0. The van der Waals surface area contributed by atoms with Crippen LogP contribution in [0.4, 0.5) is 11.4 Å². The number of nitrogens with two attached hydrogens (primary N) is 1. The van der Waals surface area contributed by atoms with Gasteiger partial charge in [-0.15, -0.1) is 0 Å². The van der Waals surface area contributed by atoms with Gasteiger partial charge >= 0.3 is 5.97 Å². The molecule has 0 radical (unpaired) electrons. The molecule has 0 aliphatic carbocycles. The van der Waals surface area contributed by atoms with Crippen LogP contribution in [0.3, 0.4) is 0 Å². The van der Waals surface area contributed by atoms with Crippen LogP contribution < -0.4 is 11.1 Å². The van der Waals surface area contributed by atoms with E-state index in [1.807, 2.05) is 6.92 Å². The number of carboxylic acids is 1. The largest absolute Gasteiger partial charge is 0.478 e. The summed E-state index contributed by atoms with van der Waals surface area (Å²) in [4.78, 5) is 23.5. The molecule has 0 aliphatic rings. The number of anilines is 2. The summed E-state index contributed by atoms with van der Waals surface area (Å²) in [6, 6.07) is 5.89. The number of aromatic nitrogens is 2. The minimum absolute atomic E-state index is 0.0168. The van der Waals surface area contributed by atoms with Crippen molar-refractivity contribution in [3.8, 4) is 0 Å². The Morgan fingerprint density at radius 3 is 2.71 bits per heavy atom. The van der Waals surface area contributed by atoms with Crippen molar-refractivity contribution in [1.29, 1.82) is 0 Å². The van der Waals surface area contributed by atoms with Crippen LogP contribution in [-0.2, 0) is 6.54 Å². The predicted molar refractivity (Wildman–Crippen MR) is 78.4 cm³/mol. The highest BCUT2D eigenvalue weighted by molar-refractivity contribution is 6.07. The fourth-order valence-electron chi connectivity index (χ4n) is 2.01. The van der Waals surface area contributed by atoms with Gasteiger partial charge in [-0.05, 0) is 38.1 Å². The van der Waals surface area contributed by atoms with Crippen LogP contribution in [0.1, 0.15) is 33.5 Å². The van der Waals surface area contributed by atoms with E-state index in [9.17, 15) is 9.59 Å². The monoisotopic (exact) mass is 288 g/mol. The minimum Gasteiger partial charge on any atom is -0.478 e. The van der Waals surface area contributed by atoms with Gasteiger partial charge in [0.1, 0.15) is 5.69 Å². The zero-order valence-electron chi connectivity index (χ0n) is 11.8. The molecule has 0 atom stereocenters. The summed E-state index contributed by atoms with van der Waals surface area (Å²) in [5.74, 6) is -1.56. The molecule has 7 heteroatoms. The Balaban J connectivity index is 2.35. The topological polar surface area (TPSA) is 110 Å². The van der Waals surface area contributed by atoms with Gasteiger partial charge in [0.15, 0.2) is 0 Å². The second-order valence-corrected chi connectivity index (χ2v) is 4.55. The molecule has 21 heavy (non-hydrogen) atoms. The smallest absolute Gasteiger partial charge is 0.337 e. The normalized spacial score (nSPS) is 10.4. The zero-order valence-corrected chi connectivity index (χ0v) is 11.8. The number of amides is 1. The second kappa shape index (κ2) is 5.66. The Hall–Kier alpha value is -2.83. The first-order chi connectivity index (χ1) is 9.92. The number of benzene rings is 1. The van der Waals surface area contributed by atoms with Crippen molar-refractivity contribution in [1.82, 2.24) is 9.78 Å². The van der Waals surface area contributed by atoms with Crippen molar-refractivity contribution in [2.24, 2.45) is 0 Å². The molecule has 1 aromatic carbocycles. The summed E-state index contributed by atoms with van der Waals surface area (Å²) in [6.07, 6.45) is 0. The summed E-state index contributed by atoms with van der Waals surface area (Å²) < 4.78 is 1.55. The highest BCUT2D eigenvalue weighted by Gasteiger charge is 2.17. The number of nitrogens with one attached hydrogen (secondary N) is 1. The van der Waals surface area contributed by atoms with Crippen LogP contribution in [0.15, 0.2) is 24.3 Å². The highest BCUT2D eigenvalue weighted by Crippen LogP contribution is 2.20. The average molecular weight is 288 g/mol. The lowest BCUT2D eigenvalue weighted by Gasteiger charge is -2.10. The van der Waals surface area contributed by atoms with Gasteiger partial charge in [-0.2, -0.15) is 5.10 Å². The second-order valence-electron chi connectivity index (χ2n) is 4.55. The molecular formula is C14H16N4O3. The van der Waals surface area contributed by atoms with Crippen LogP contribution in [0.25, 0.3) is 0 Å². The van der Waals surface area contributed by atoms with Gasteiger partial charge < -0.3 is 16.2 Å². The Morgan fingerprint density at radius 2 is 2.10 bits per heavy atom. The van der Waals surface area contributed by atoms with Crippen molar-refractivity contribution in [3.05, 3.63) is 41.2 Å². The molecule has 0 unspecified atom stereocenters. The molecule has 2 aromatic rings. The van der Waals surface area contributed by atoms with Crippen LogP contribution >= 0.6 is 0 Å². The number of hydrogen-bond acceptors (Lipinski definition) is 4. The number of nitrogens with zero attached hydrogens (tertiary/aromatic N) is 2. The lowest BCUT2D eigenvalue weighted by molar-refractivity contribution is 0.0698. The predicted octanol–water partition coefficient (Wildman–Crippen LogP) is 1.74. The molecule has 110 valence electrons. The zero-order chi connectivity index (χ0) is 15.6. The number of aromatic carboxylic acids is 1. The SMILES string of the molecule is CCn1nc(C)cc1C(=O)Nc1cc(N)ccc1C(=O)O. The van der Waals surface area contributed by atoms with E-state index >= 15 is 0 Å². The Bertz CT molecular complexity index is 706. The molecule has 0 saturated carbocycles. The van der Waals surface area contributed by atoms with Crippen molar-refractivity contribution in [3.63, 3.8) is 0 Å². The summed E-state index contributed by atoms with van der Waals surface area (Å²) in [6.45, 7) is 4.19. The number of carbonyl (C=O) groups is 2. The van der Waals surface area contributed by atoms with E-state index in [0.29, 0.717) is 23.6 Å². The van der Waals surface area contributed by atoms with Gasteiger partial charge in [0.05, 0.1) is 16.9 Å². The van der Waals surface area contributed by atoms with Crippen molar-refractivity contribution >= 4 is 23.3 Å². The number of hydrogen-bond donors (Lipinski definition) is 3. The fourth-order valence-corrected chi connectivity index (χ4v) is 2.01. The molecule has 0 fully saturated rings. The number of nitrogen functional groups attached to an aromatic ring is 1. The average Bonchev–Trinajstić information content (AvgIpc) is 2.79. The maximum atomic E-state index is 12.3. The quantitative estimate of drug-likeness (QED) is 0.742. The molecule has 2 rings (SSSR count). The number of carbonyl (C=O) groups excluding carboxylic acids is 1. The van der Waals surface area contributed by atoms with E-state index in [-0.39, 0.29) is 11.3 Å². The number of aryl methyl sites for hydroxylation is 2. The van der Waals surface area contributed by atoms with Gasteiger partial charge in [-0.3, -0.25) is 9.48 Å². The maximum Gasteiger partial charge on any atom is 0.337 e. The van der Waals surface area contributed by atoms with E-state index in [1.54, 1.807) is 17.7 Å². The summed E-state index contributed by atoms with van der Waals surface area (Å²) in [5, 5.41) is 15.9. The first-order valence-electron chi connectivity index (χ1n) is 6.41. The van der Waals surface area contributed by atoms with E-state index in [2.05, 4.69) is 10.4 Å². The van der Waals surface area contributed by atoms with Gasteiger partial charge in [0, 0.05) is 12.2 Å². The Labute approximate surface area is 121 Å². The van der Waals surface area contributed by atoms with Crippen molar-refractivity contribution < 1.29 is 14.7 Å². The van der Waals surface area contributed by atoms with Gasteiger partial charge in [-0.25, -0.2) is 4.79 Å². The molecule has 0 aliphatic heterocycles. The summed E-state index contributed by atoms with van der Waals surface area (Å²) in [5.41, 5.74) is 7.24. The molecule has 1 aromatic heterocycles. The lowest BCUT2D eigenvalue weighted by atomic mass is 10.1. The van der Waals surface area contributed by atoms with E-state index in [0.717, 1.165) is 0 Å². The molecule has 1 amide bonds. The van der Waals surface area contributed by atoms with E-state index < -0.39 is 11.9 Å². The Kier molecular flexibility index (Phi) is 3.93. The highest BCUT2D eigenvalue weighted by atomic mass is 16.4. The van der Waals surface area contributed by atoms with Crippen LogP contribution in [0.5, 0.6) is 0 Å². The first kappa shape index (κ1) is 14.6. The Morgan fingerprint density at radius 1 is 1.38 bits per heavy atom. The number of carboxylic acid groups (broad SMARTS) is 1. The van der Waals surface area contributed by atoms with Gasteiger partial charge in [-0.1, -0.05) is 0 Å². The molecular weight excluding hydrogens is 272 g/mol. The minimum atomic E-state index is -1.13. The molecule has 0 saturated heterocycles. The van der Waals surface area contributed by atoms with Crippen LogP contribution in [0.2, 0.25) is 0 Å². The van der Waals surface area contributed by atoms with Crippen LogP contribution in [0, 0.1) is 6.92 Å². The third-order valence-corrected chi connectivity index (χ3v) is 2.96. The summed E-state index contributed by atoms with van der Waals surface area (Å²) >= 11 is 0. The molecule has 1 heterocycles. The molecule has 4 N–H and O–H groups in total. The lowest BCUT2D eigenvalue weighted by Crippen LogP contribution is -2.19. The van der Waals surface area contributed by atoms with Crippen molar-refractivity contribution in [2.75, 3.05) is 11.1 Å². The van der Waals surface area contributed by atoms with Gasteiger partial charge in [0.25, 0.3) is 5.91 Å². The molecule has 0 spiro atoms. The van der Waals surface area contributed by atoms with E-state index in [1.165, 1.54) is 18.2 Å². The molecule has 7 nitrogen and oxygen atoms in total. The number of rotatable bonds is 4.